The Morgan fingerprint density at radius 3 is 2.86 bits per heavy atom. The molecular weight excluding hydrogens is 178 g/mol. The summed E-state index contributed by atoms with van der Waals surface area (Å²) in [6.07, 6.45) is 6.79. The Kier molecular flexibility index (Phi) is 2.52. The molecule has 1 heterocycles. The highest BCUT2D eigenvalue weighted by molar-refractivity contribution is 5.28. The molecule has 0 saturated heterocycles. The first-order valence-electron chi connectivity index (χ1n) is 5.01. The van der Waals surface area contributed by atoms with Crippen molar-refractivity contribution in [3.63, 3.8) is 0 Å². The molecule has 0 aromatic carbocycles. The number of rotatable bonds is 2. The van der Waals surface area contributed by atoms with Crippen molar-refractivity contribution in [3.8, 4) is 5.88 Å². The SMILES string of the molecule is Cc1cnc(N)nc1OC1CCCC1. The van der Waals surface area contributed by atoms with Crippen LogP contribution in [0.15, 0.2) is 6.20 Å². The minimum Gasteiger partial charge on any atom is -0.474 e. The molecule has 0 amide bonds. The Balaban J connectivity index is 2.10. The van der Waals surface area contributed by atoms with E-state index in [2.05, 4.69) is 9.97 Å². The van der Waals surface area contributed by atoms with Crippen LogP contribution in [0.4, 0.5) is 5.95 Å². The van der Waals surface area contributed by atoms with Gasteiger partial charge in [-0.2, -0.15) is 4.98 Å². The van der Waals surface area contributed by atoms with Crippen LogP contribution in [-0.2, 0) is 0 Å². The summed E-state index contributed by atoms with van der Waals surface area (Å²) in [7, 11) is 0. The Bertz CT molecular complexity index is 321. The fraction of sp³-hybridized carbons (Fsp3) is 0.600. The molecule has 1 fully saturated rings. The first kappa shape index (κ1) is 9.24. The van der Waals surface area contributed by atoms with Crippen LogP contribution in [0.3, 0.4) is 0 Å². The van der Waals surface area contributed by atoms with E-state index in [0.717, 1.165) is 18.4 Å². The third-order valence-electron chi connectivity index (χ3n) is 2.52. The number of ether oxygens (including phenoxy) is 1. The van der Waals surface area contributed by atoms with Gasteiger partial charge in [-0.05, 0) is 32.6 Å². The number of anilines is 1. The maximum atomic E-state index is 5.76. The van der Waals surface area contributed by atoms with Gasteiger partial charge in [0.1, 0.15) is 6.10 Å². The summed E-state index contributed by atoms with van der Waals surface area (Å²) in [6.45, 7) is 1.93. The van der Waals surface area contributed by atoms with E-state index in [1.54, 1.807) is 6.20 Å². The van der Waals surface area contributed by atoms with Gasteiger partial charge in [0.15, 0.2) is 0 Å². The highest BCUT2D eigenvalue weighted by atomic mass is 16.5. The number of hydrogen-bond acceptors (Lipinski definition) is 4. The Hall–Kier alpha value is -1.32. The van der Waals surface area contributed by atoms with E-state index in [4.69, 9.17) is 10.5 Å². The van der Waals surface area contributed by atoms with Gasteiger partial charge in [-0.25, -0.2) is 4.98 Å². The minimum atomic E-state index is 0.281. The van der Waals surface area contributed by atoms with Crippen LogP contribution in [0.1, 0.15) is 31.2 Å². The molecule has 0 radical (unpaired) electrons. The molecule has 0 bridgehead atoms. The maximum Gasteiger partial charge on any atom is 0.223 e. The first-order valence-corrected chi connectivity index (χ1v) is 5.01. The second-order valence-corrected chi connectivity index (χ2v) is 3.74. The molecule has 0 unspecified atom stereocenters. The highest BCUT2D eigenvalue weighted by Gasteiger charge is 2.18. The van der Waals surface area contributed by atoms with Crippen LogP contribution in [0.5, 0.6) is 5.88 Å². The smallest absolute Gasteiger partial charge is 0.223 e. The van der Waals surface area contributed by atoms with E-state index in [0.29, 0.717) is 12.0 Å². The van der Waals surface area contributed by atoms with Crippen LogP contribution in [0.25, 0.3) is 0 Å². The predicted octanol–water partition coefficient (Wildman–Crippen LogP) is 1.69. The summed E-state index contributed by atoms with van der Waals surface area (Å²) in [5, 5.41) is 0. The molecule has 0 atom stereocenters. The second-order valence-electron chi connectivity index (χ2n) is 3.74. The van der Waals surface area contributed by atoms with Crippen LogP contribution in [-0.4, -0.2) is 16.1 Å². The highest BCUT2D eigenvalue weighted by Crippen LogP contribution is 2.24. The van der Waals surface area contributed by atoms with Crippen LogP contribution in [0, 0.1) is 6.92 Å². The zero-order valence-electron chi connectivity index (χ0n) is 8.36. The topological polar surface area (TPSA) is 61.0 Å². The second kappa shape index (κ2) is 3.82. The number of aryl methyl sites for hydroxylation is 1. The normalized spacial score (nSPS) is 17.2. The molecule has 0 aliphatic heterocycles. The van der Waals surface area contributed by atoms with E-state index in [1.807, 2.05) is 6.92 Å². The summed E-state index contributed by atoms with van der Waals surface area (Å²) >= 11 is 0. The van der Waals surface area contributed by atoms with Crippen molar-refractivity contribution in [3.05, 3.63) is 11.8 Å². The predicted molar refractivity (Wildman–Crippen MR) is 54.1 cm³/mol. The van der Waals surface area contributed by atoms with E-state index in [1.165, 1.54) is 12.8 Å². The fourth-order valence-electron chi connectivity index (χ4n) is 1.72. The van der Waals surface area contributed by atoms with Gasteiger partial charge >= 0.3 is 0 Å². The van der Waals surface area contributed by atoms with Gasteiger partial charge in [-0.1, -0.05) is 0 Å². The van der Waals surface area contributed by atoms with Gasteiger partial charge < -0.3 is 10.5 Å². The monoisotopic (exact) mass is 193 g/mol. The molecule has 1 aromatic heterocycles. The molecule has 2 N–H and O–H groups in total. The van der Waals surface area contributed by atoms with Gasteiger partial charge in [0, 0.05) is 11.8 Å². The summed E-state index contributed by atoms with van der Waals surface area (Å²) in [5.74, 6) is 0.924. The van der Waals surface area contributed by atoms with Crippen molar-refractivity contribution in [1.29, 1.82) is 0 Å². The van der Waals surface area contributed by atoms with Crippen molar-refractivity contribution in [1.82, 2.24) is 9.97 Å². The Morgan fingerprint density at radius 1 is 1.43 bits per heavy atom. The lowest BCUT2D eigenvalue weighted by Crippen LogP contribution is -2.13. The average Bonchev–Trinajstić information content (AvgIpc) is 2.64. The van der Waals surface area contributed by atoms with Crippen molar-refractivity contribution in [2.75, 3.05) is 5.73 Å². The quantitative estimate of drug-likeness (QED) is 0.776. The van der Waals surface area contributed by atoms with E-state index >= 15 is 0 Å². The van der Waals surface area contributed by atoms with Crippen molar-refractivity contribution >= 4 is 5.95 Å². The summed E-state index contributed by atoms with van der Waals surface area (Å²) in [4.78, 5) is 7.98. The standard InChI is InChI=1S/C10H15N3O/c1-7-6-12-10(11)13-9(7)14-8-4-2-3-5-8/h6,8H,2-5H2,1H3,(H2,11,12,13). The van der Waals surface area contributed by atoms with Gasteiger partial charge in [0.05, 0.1) is 0 Å². The van der Waals surface area contributed by atoms with Crippen molar-refractivity contribution < 1.29 is 4.74 Å². The molecule has 76 valence electrons. The lowest BCUT2D eigenvalue weighted by Gasteiger charge is -2.13. The van der Waals surface area contributed by atoms with Gasteiger partial charge in [-0.15, -0.1) is 0 Å². The Morgan fingerprint density at radius 2 is 2.14 bits per heavy atom. The van der Waals surface area contributed by atoms with Crippen molar-refractivity contribution in [2.24, 2.45) is 0 Å². The fourth-order valence-corrected chi connectivity index (χ4v) is 1.72. The molecular formula is C10H15N3O. The molecule has 1 saturated carbocycles. The van der Waals surface area contributed by atoms with E-state index in [-0.39, 0.29) is 5.95 Å². The Labute approximate surface area is 83.5 Å². The molecule has 1 aliphatic rings. The third kappa shape index (κ3) is 1.95. The molecule has 1 aromatic rings. The lowest BCUT2D eigenvalue weighted by atomic mass is 10.3. The molecule has 0 spiro atoms. The van der Waals surface area contributed by atoms with Gasteiger partial charge in [-0.3, -0.25) is 0 Å². The number of nitrogens with zero attached hydrogens (tertiary/aromatic N) is 2. The third-order valence-corrected chi connectivity index (χ3v) is 2.52. The largest absolute Gasteiger partial charge is 0.474 e. The molecule has 2 rings (SSSR count). The van der Waals surface area contributed by atoms with Gasteiger partial charge in [0.2, 0.25) is 11.8 Å². The molecule has 1 aliphatic carbocycles. The number of nitrogens with two attached hydrogens (primary N) is 1. The summed E-state index contributed by atoms with van der Waals surface area (Å²) in [6, 6.07) is 0. The summed E-state index contributed by atoms with van der Waals surface area (Å²) in [5.41, 5.74) is 6.45. The van der Waals surface area contributed by atoms with E-state index in [9.17, 15) is 0 Å². The van der Waals surface area contributed by atoms with Crippen molar-refractivity contribution in [2.45, 2.75) is 38.7 Å². The maximum absolute atomic E-state index is 5.76. The zero-order chi connectivity index (χ0) is 9.97. The minimum absolute atomic E-state index is 0.281. The molecule has 4 nitrogen and oxygen atoms in total. The lowest BCUT2D eigenvalue weighted by molar-refractivity contribution is 0.200. The van der Waals surface area contributed by atoms with Crippen LogP contribution >= 0.6 is 0 Å². The molecule has 4 heteroatoms. The van der Waals surface area contributed by atoms with E-state index < -0.39 is 0 Å². The number of hydrogen-bond donors (Lipinski definition) is 1. The first-order chi connectivity index (χ1) is 6.75. The van der Waals surface area contributed by atoms with Crippen LogP contribution in [0.2, 0.25) is 0 Å². The number of aromatic nitrogens is 2. The van der Waals surface area contributed by atoms with Gasteiger partial charge in [0.25, 0.3) is 0 Å². The number of nitrogen functional groups attached to an aromatic ring is 1. The zero-order valence-corrected chi connectivity index (χ0v) is 8.36. The van der Waals surface area contributed by atoms with Crippen LogP contribution < -0.4 is 10.5 Å². The molecule has 14 heavy (non-hydrogen) atoms. The summed E-state index contributed by atoms with van der Waals surface area (Å²) < 4.78 is 5.76. The average molecular weight is 193 g/mol.